The first-order valence-electron chi connectivity index (χ1n) is 4.80. The molecule has 0 heterocycles. The lowest BCUT2D eigenvalue weighted by atomic mass is 10.0. The van der Waals surface area contributed by atoms with Crippen LogP contribution in [0.3, 0.4) is 0 Å². The van der Waals surface area contributed by atoms with E-state index in [1.165, 1.54) is 6.07 Å². The third kappa shape index (κ3) is 3.39. The standard InChI is InChI=1S/C11H12ClFO4/c1-17-11(16)7-2-6(3-8(13)4-7)10(15)9(14)5-12/h2-4,9-10,14-15H,5H2,1H3. The number of rotatable bonds is 4. The fourth-order valence-corrected chi connectivity index (χ4v) is 1.49. The molecule has 2 atom stereocenters. The van der Waals surface area contributed by atoms with Crippen molar-refractivity contribution in [2.24, 2.45) is 0 Å². The number of aliphatic hydroxyl groups excluding tert-OH is 2. The molecule has 2 unspecified atom stereocenters. The number of benzene rings is 1. The lowest BCUT2D eigenvalue weighted by molar-refractivity contribution is 0.0323. The molecule has 6 heteroatoms. The van der Waals surface area contributed by atoms with E-state index in [0.29, 0.717) is 0 Å². The topological polar surface area (TPSA) is 66.8 Å². The molecule has 0 aliphatic carbocycles. The summed E-state index contributed by atoms with van der Waals surface area (Å²) >= 11 is 5.37. The van der Waals surface area contributed by atoms with Crippen LogP contribution in [0.4, 0.5) is 4.39 Å². The van der Waals surface area contributed by atoms with Gasteiger partial charge < -0.3 is 14.9 Å². The van der Waals surface area contributed by atoms with Gasteiger partial charge in [0.2, 0.25) is 0 Å². The van der Waals surface area contributed by atoms with E-state index in [4.69, 9.17) is 11.6 Å². The summed E-state index contributed by atoms with van der Waals surface area (Å²) in [7, 11) is 1.16. The predicted molar refractivity (Wildman–Crippen MR) is 59.4 cm³/mol. The van der Waals surface area contributed by atoms with Crippen LogP contribution in [0.25, 0.3) is 0 Å². The van der Waals surface area contributed by atoms with E-state index < -0.39 is 24.0 Å². The van der Waals surface area contributed by atoms with Crippen molar-refractivity contribution in [3.8, 4) is 0 Å². The van der Waals surface area contributed by atoms with Crippen LogP contribution in [0, 0.1) is 5.82 Å². The molecule has 94 valence electrons. The summed E-state index contributed by atoms with van der Waals surface area (Å²) in [5.41, 5.74) is 0.0295. The minimum absolute atomic E-state index is 0.0386. The highest BCUT2D eigenvalue weighted by Gasteiger charge is 2.20. The maximum Gasteiger partial charge on any atom is 0.337 e. The number of alkyl halides is 1. The summed E-state index contributed by atoms with van der Waals surface area (Å²) in [6.45, 7) is 0. The fraction of sp³-hybridized carbons (Fsp3) is 0.364. The van der Waals surface area contributed by atoms with Crippen molar-refractivity contribution in [1.82, 2.24) is 0 Å². The van der Waals surface area contributed by atoms with Gasteiger partial charge in [0.25, 0.3) is 0 Å². The maximum absolute atomic E-state index is 13.2. The van der Waals surface area contributed by atoms with Crippen LogP contribution in [0.2, 0.25) is 0 Å². The number of carbonyl (C=O) groups is 1. The molecule has 4 nitrogen and oxygen atoms in total. The molecule has 0 radical (unpaired) electrons. The second-order valence-corrected chi connectivity index (χ2v) is 3.74. The van der Waals surface area contributed by atoms with E-state index in [-0.39, 0.29) is 17.0 Å². The first kappa shape index (κ1) is 13.9. The van der Waals surface area contributed by atoms with Crippen molar-refractivity contribution in [2.75, 3.05) is 13.0 Å². The van der Waals surface area contributed by atoms with Gasteiger partial charge in [-0.05, 0) is 23.8 Å². The van der Waals surface area contributed by atoms with Gasteiger partial charge in [-0.2, -0.15) is 0 Å². The Hall–Kier alpha value is -1.17. The molecular formula is C11H12ClFO4. The second kappa shape index (κ2) is 5.95. The average molecular weight is 263 g/mol. The Labute approximate surface area is 103 Å². The summed E-state index contributed by atoms with van der Waals surface area (Å²) < 4.78 is 17.7. The molecule has 1 rings (SSSR count). The van der Waals surface area contributed by atoms with Gasteiger partial charge in [-0.1, -0.05) is 0 Å². The third-order valence-electron chi connectivity index (χ3n) is 2.21. The highest BCUT2D eigenvalue weighted by Crippen LogP contribution is 2.21. The zero-order valence-electron chi connectivity index (χ0n) is 9.06. The van der Waals surface area contributed by atoms with Crippen molar-refractivity contribution >= 4 is 17.6 Å². The van der Waals surface area contributed by atoms with E-state index in [1.54, 1.807) is 0 Å². The van der Waals surface area contributed by atoms with Crippen LogP contribution >= 0.6 is 11.6 Å². The quantitative estimate of drug-likeness (QED) is 0.633. The van der Waals surface area contributed by atoms with Crippen molar-refractivity contribution in [2.45, 2.75) is 12.2 Å². The van der Waals surface area contributed by atoms with Crippen molar-refractivity contribution in [3.63, 3.8) is 0 Å². The number of halogens is 2. The first-order valence-corrected chi connectivity index (χ1v) is 5.34. The Morgan fingerprint density at radius 1 is 1.47 bits per heavy atom. The minimum atomic E-state index is -1.35. The van der Waals surface area contributed by atoms with Crippen molar-refractivity contribution in [3.05, 3.63) is 35.1 Å². The second-order valence-electron chi connectivity index (χ2n) is 3.43. The molecule has 1 aromatic carbocycles. The molecule has 0 spiro atoms. The van der Waals surface area contributed by atoms with Gasteiger partial charge >= 0.3 is 5.97 Å². The molecule has 0 aliphatic rings. The Balaban J connectivity index is 3.09. The van der Waals surface area contributed by atoms with Gasteiger partial charge in [-0.25, -0.2) is 9.18 Å². The molecule has 0 aromatic heterocycles. The fourth-order valence-electron chi connectivity index (χ4n) is 1.33. The molecule has 0 aliphatic heterocycles. The van der Waals surface area contributed by atoms with Crippen molar-refractivity contribution in [1.29, 1.82) is 0 Å². The minimum Gasteiger partial charge on any atom is -0.465 e. The molecule has 0 fully saturated rings. The molecule has 0 saturated carbocycles. The number of methoxy groups -OCH3 is 1. The lowest BCUT2D eigenvalue weighted by Gasteiger charge is -2.16. The smallest absolute Gasteiger partial charge is 0.337 e. The van der Waals surface area contributed by atoms with Crippen LogP contribution in [-0.2, 0) is 4.74 Å². The van der Waals surface area contributed by atoms with E-state index in [0.717, 1.165) is 19.2 Å². The Bertz CT molecular complexity index is 410. The number of ether oxygens (including phenoxy) is 1. The lowest BCUT2D eigenvalue weighted by Crippen LogP contribution is -2.20. The van der Waals surface area contributed by atoms with Crippen molar-refractivity contribution < 1.29 is 24.1 Å². The van der Waals surface area contributed by atoms with Gasteiger partial charge in [0, 0.05) is 0 Å². The SMILES string of the molecule is COC(=O)c1cc(F)cc(C(O)C(O)CCl)c1. The predicted octanol–water partition coefficient (Wildman–Crippen LogP) is 1.25. The van der Waals surface area contributed by atoms with Crippen LogP contribution in [0.1, 0.15) is 22.0 Å². The Kier molecular flexibility index (Phi) is 4.86. The zero-order chi connectivity index (χ0) is 13.0. The van der Waals surface area contributed by atoms with E-state index in [9.17, 15) is 19.4 Å². The molecule has 2 N–H and O–H groups in total. The summed E-state index contributed by atoms with van der Waals surface area (Å²) in [5, 5.41) is 19.0. The highest BCUT2D eigenvalue weighted by molar-refractivity contribution is 6.18. The normalized spacial score (nSPS) is 14.2. The molecule has 0 saturated heterocycles. The van der Waals surface area contributed by atoms with E-state index in [1.807, 2.05) is 0 Å². The molecule has 0 bridgehead atoms. The first-order chi connectivity index (χ1) is 7.99. The summed E-state index contributed by atoms with van der Waals surface area (Å²) in [6.07, 6.45) is -2.59. The molecular weight excluding hydrogens is 251 g/mol. The van der Waals surface area contributed by atoms with Gasteiger partial charge in [-0.15, -0.1) is 11.6 Å². The maximum atomic E-state index is 13.2. The number of hydrogen-bond donors (Lipinski definition) is 2. The third-order valence-corrected chi connectivity index (χ3v) is 2.52. The number of aliphatic hydroxyl groups is 2. The monoisotopic (exact) mass is 262 g/mol. The van der Waals surface area contributed by atoms with Gasteiger partial charge in [0.05, 0.1) is 24.7 Å². The van der Waals surface area contributed by atoms with E-state index in [2.05, 4.69) is 4.74 Å². The summed E-state index contributed by atoms with van der Waals surface area (Å²) in [6, 6.07) is 3.25. The van der Waals surface area contributed by atoms with Gasteiger partial charge in [-0.3, -0.25) is 0 Å². The summed E-state index contributed by atoms with van der Waals surface area (Å²) in [4.78, 5) is 11.2. The highest BCUT2D eigenvalue weighted by atomic mass is 35.5. The van der Waals surface area contributed by atoms with Crippen LogP contribution in [0.5, 0.6) is 0 Å². The van der Waals surface area contributed by atoms with E-state index >= 15 is 0 Å². The largest absolute Gasteiger partial charge is 0.465 e. The zero-order valence-corrected chi connectivity index (χ0v) is 9.82. The molecule has 1 aromatic rings. The van der Waals surface area contributed by atoms with Crippen LogP contribution in [0.15, 0.2) is 18.2 Å². The number of esters is 1. The molecule has 0 amide bonds. The Morgan fingerprint density at radius 2 is 2.12 bits per heavy atom. The molecule has 17 heavy (non-hydrogen) atoms. The van der Waals surface area contributed by atoms with Crippen LogP contribution < -0.4 is 0 Å². The summed E-state index contributed by atoms with van der Waals surface area (Å²) in [5.74, 6) is -1.63. The van der Waals surface area contributed by atoms with Gasteiger partial charge in [0.1, 0.15) is 11.9 Å². The van der Waals surface area contributed by atoms with Gasteiger partial charge in [0.15, 0.2) is 0 Å². The average Bonchev–Trinajstić information content (AvgIpc) is 2.35. The Morgan fingerprint density at radius 3 is 2.65 bits per heavy atom. The van der Waals surface area contributed by atoms with Crippen LogP contribution in [-0.4, -0.2) is 35.3 Å². The number of carbonyl (C=O) groups excluding carboxylic acids is 1. The number of hydrogen-bond acceptors (Lipinski definition) is 4.